The summed E-state index contributed by atoms with van der Waals surface area (Å²) in [4.78, 5) is 11.0. The van der Waals surface area contributed by atoms with Crippen molar-refractivity contribution in [2.45, 2.75) is 19.4 Å². The van der Waals surface area contributed by atoms with Crippen molar-refractivity contribution in [1.82, 2.24) is 0 Å². The number of hydrogen-bond acceptors (Lipinski definition) is 3. The first-order valence-corrected chi connectivity index (χ1v) is 4.63. The number of rotatable bonds is 4. The molecule has 0 saturated carbocycles. The van der Waals surface area contributed by atoms with E-state index in [-0.39, 0.29) is 12.6 Å². The van der Waals surface area contributed by atoms with E-state index in [1.807, 2.05) is 30.3 Å². The minimum Gasteiger partial charge on any atom is -0.455 e. The van der Waals surface area contributed by atoms with E-state index in [2.05, 4.69) is 0 Å². The molecule has 0 bridgehead atoms. The fraction of sp³-hybridized carbons (Fsp3) is 0.364. The van der Waals surface area contributed by atoms with Crippen LogP contribution in [0.5, 0.6) is 0 Å². The van der Waals surface area contributed by atoms with E-state index in [4.69, 9.17) is 9.84 Å². The van der Waals surface area contributed by atoms with Crippen LogP contribution in [0.1, 0.15) is 25.0 Å². The van der Waals surface area contributed by atoms with E-state index in [0.29, 0.717) is 6.42 Å². The maximum atomic E-state index is 11.0. The minimum absolute atomic E-state index is 0.185. The highest BCUT2D eigenvalue weighted by molar-refractivity contribution is 5.69. The lowest BCUT2D eigenvalue weighted by Gasteiger charge is -2.14. The molecular formula is C11H14O3. The van der Waals surface area contributed by atoms with Crippen molar-refractivity contribution in [3.05, 3.63) is 35.9 Å². The lowest BCUT2D eigenvalue weighted by atomic mass is 10.1. The molecule has 3 heteroatoms. The van der Waals surface area contributed by atoms with Gasteiger partial charge in [-0.1, -0.05) is 37.3 Å². The van der Waals surface area contributed by atoms with Crippen molar-refractivity contribution in [2.75, 3.05) is 6.61 Å². The number of benzene rings is 1. The summed E-state index contributed by atoms with van der Waals surface area (Å²) in [6, 6.07) is 9.21. The van der Waals surface area contributed by atoms with E-state index < -0.39 is 6.10 Å². The van der Waals surface area contributed by atoms with Gasteiger partial charge in [0.2, 0.25) is 0 Å². The molecule has 0 aliphatic rings. The molecule has 0 unspecified atom stereocenters. The normalized spacial score (nSPS) is 12.1. The topological polar surface area (TPSA) is 46.5 Å². The van der Waals surface area contributed by atoms with Gasteiger partial charge in [0.15, 0.2) is 0 Å². The van der Waals surface area contributed by atoms with Crippen LogP contribution in [-0.4, -0.2) is 17.7 Å². The van der Waals surface area contributed by atoms with E-state index in [9.17, 15) is 4.79 Å². The molecule has 0 aliphatic heterocycles. The summed E-state index contributed by atoms with van der Waals surface area (Å²) in [5.41, 5.74) is 0.816. The van der Waals surface area contributed by atoms with Crippen molar-refractivity contribution in [2.24, 2.45) is 0 Å². The Balaban J connectivity index is 2.68. The van der Waals surface area contributed by atoms with Gasteiger partial charge < -0.3 is 9.84 Å². The van der Waals surface area contributed by atoms with Crippen molar-refractivity contribution in [1.29, 1.82) is 0 Å². The second-order valence-electron chi connectivity index (χ2n) is 2.93. The first-order valence-electron chi connectivity index (χ1n) is 4.63. The molecule has 3 nitrogen and oxygen atoms in total. The highest BCUT2D eigenvalue weighted by Gasteiger charge is 2.13. The molecule has 1 aromatic rings. The van der Waals surface area contributed by atoms with Crippen LogP contribution in [0, 0.1) is 0 Å². The summed E-state index contributed by atoms with van der Waals surface area (Å²) in [7, 11) is 0. The zero-order chi connectivity index (χ0) is 10.4. The molecule has 0 radical (unpaired) electrons. The Morgan fingerprint density at radius 2 is 2.07 bits per heavy atom. The first-order chi connectivity index (χ1) is 6.77. The largest absolute Gasteiger partial charge is 0.455 e. The Bertz CT molecular complexity index is 282. The number of ether oxygens (including phenoxy) is 1. The van der Waals surface area contributed by atoms with Gasteiger partial charge in [-0.15, -0.1) is 0 Å². The molecule has 0 heterocycles. The van der Waals surface area contributed by atoms with Gasteiger partial charge in [0.25, 0.3) is 0 Å². The number of esters is 1. The van der Waals surface area contributed by atoms with Gasteiger partial charge in [0.05, 0.1) is 6.61 Å². The Labute approximate surface area is 83.3 Å². The number of aliphatic hydroxyl groups excluding tert-OH is 1. The molecule has 1 rings (SSSR count). The smallest absolute Gasteiger partial charge is 0.306 e. The predicted molar refractivity (Wildman–Crippen MR) is 52.7 cm³/mol. The number of aliphatic hydroxyl groups is 1. The quantitative estimate of drug-likeness (QED) is 0.742. The summed E-state index contributed by atoms with van der Waals surface area (Å²) in [5, 5.41) is 9.05. The Morgan fingerprint density at radius 3 is 2.57 bits per heavy atom. The van der Waals surface area contributed by atoms with E-state index in [1.54, 1.807) is 6.92 Å². The van der Waals surface area contributed by atoms with Crippen LogP contribution < -0.4 is 0 Å². The first kappa shape index (κ1) is 10.7. The molecule has 1 N–H and O–H groups in total. The highest BCUT2D eigenvalue weighted by atomic mass is 16.5. The Kier molecular flexibility index (Phi) is 4.13. The summed E-state index contributed by atoms with van der Waals surface area (Å²) in [5.74, 6) is -0.298. The van der Waals surface area contributed by atoms with Gasteiger partial charge >= 0.3 is 5.97 Å². The number of carbonyl (C=O) groups excluding carboxylic acids is 1. The third kappa shape index (κ3) is 2.85. The summed E-state index contributed by atoms with van der Waals surface area (Å²) < 4.78 is 5.05. The second kappa shape index (κ2) is 5.40. The lowest BCUT2D eigenvalue weighted by molar-refractivity contribution is -0.151. The van der Waals surface area contributed by atoms with Gasteiger partial charge in [-0.3, -0.25) is 4.79 Å². The van der Waals surface area contributed by atoms with E-state index in [1.165, 1.54) is 0 Å². The van der Waals surface area contributed by atoms with Crippen LogP contribution >= 0.6 is 0 Å². The number of carbonyl (C=O) groups is 1. The third-order valence-corrected chi connectivity index (χ3v) is 1.90. The zero-order valence-corrected chi connectivity index (χ0v) is 8.14. The molecule has 1 atom stereocenters. The van der Waals surface area contributed by atoms with Crippen LogP contribution in [-0.2, 0) is 9.53 Å². The average molecular weight is 194 g/mol. The molecule has 0 fully saturated rings. The van der Waals surface area contributed by atoms with Crippen LogP contribution in [0.25, 0.3) is 0 Å². The molecule has 14 heavy (non-hydrogen) atoms. The van der Waals surface area contributed by atoms with Crippen molar-refractivity contribution in [3.63, 3.8) is 0 Å². The van der Waals surface area contributed by atoms with E-state index in [0.717, 1.165) is 5.56 Å². The Hall–Kier alpha value is -1.35. The monoisotopic (exact) mass is 194 g/mol. The van der Waals surface area contributed by atoms with E-state index >= 15 is 0 Å². The fourth-order valence-electron chi connectivity index (χ4n) is 1.12. The maximum absolute atomic E-state index is 11.0. The highest BCUT2D eigenvalue weighted by Crippen LogP contribution is 2.16. The fourth-order valence-corrected chi connectivity index (χ4v) is 1.12. The molecule has 0 amide bonds. The standard InChI is InChI=1S/C11H14O3/c1-2-11(13)14-10(8-12)9-6-4-3-5-7-9/h3-7,10,12H,2,8H2,1H3/t10-/m1/s1. The van der Waals surface area contributed by atoms with Gasteiger partial charge in [-0.05, 0) is 5.56 Å². The van der Waals surface area contributed by atoms with Crippen LogP contribution in [0.2, 0.25) is 0 Å². The van der Waals surface area contributed by atoms with Crippen molar-refractivity contribution < 1.29 is 14.6 Å². The van der Waals surface area contributed by atoms with Crippen molar-refractivity contribution >= 4 is 5.97 Å². The molecule has 0 saturated heterocycles. The summed E-state index contributed by atoms with van der Waals surface area (Å²) >= 11 is 0. The Morgan fingerprint density at radius 1 is 1.43 bits per heavy atom. The second-order valence-corrected chi connectivity index (χ2v) is 2.93. The van der Waals surface area contributed by atoms with Crippen LogP contribution in [0.15, 0.2) is 30.3 Å². The third-order valence-electron chi connectivity index (χ3n) is 1.90. The predicted octanol–water partition coefficient (Wildman–Crippen LogP) is 1.67. The summed E-state index contributed by atoms with van der Waals surface area (Å²) in [6.07, 6.45) is -0.216. The molecule has 0 aliphatic carbocycles. The average Bonchev–Trinajstić information content (AvgIpc) is 2.26. The molecule has 1 aromatic carbocycles. The van der Waals surface area contributed by atoms with Crippen molar-refractivity contribution in [3.8, 4) is 0 Å². The van der Waals surface area contributed by atoms with Gasteiger partial charge in [0, 0.05) is 6.42 Å². The minimum atomic E-state index is -0.538. The van der Waals surface area contributed by atoms with Crippen LogP contribution in [0.3, 0.4) is 0 Å². The van der Waals surface area contributed by atoms with Gasteiger partial charge in [-0.25, -0.2) is 0 Å². The molecular weight excluding hydrogens is 180 g/mol. The van der Waals surface area contributed by atoms with Gasteiger partial charge in [-0.2, -0.15) is 0 Å². The van der Waals surface area contributed by atoms with Gasteiger partial charge in [0.1, 0.15) is 6.10 Å². The maximum Gasteiger partial charge on any atom is 0.306 e. The zero-order valence-electron chi connectivity index (χ0n) is 8.14. The molecule has 0 spiro atoms. The summed E-state index contributed by atoms with van der Waals surface area (Å²) in [6.45, 7) is 1.54. The SMILES string of the molecule is CCC(=O)O[C@H](CO)c1ccccc1. The lowest BCUT2D eigenvalue weighted by Crippen LogP contribution is -2.13. The van der Waals surface area contributed by atoms with Crippen LogP contribution in [0.4, 0.5) is 0 Å². The molecule has 0 aromatic heterocycles. The molecule has 76 valence electrons. The number of hydrogen-bond donors (Lipinski definition) is 1.